The molecule has 0 aromatic heterocycles. The molecule has 236 valence electrons. The molecule has 1 aliphatic rings. The van der Waals surface area contributed by atoms with Crippen molar-refractivity contribution < 1.29 is 27.5 Å². The summed E-state index contributed by atoms with van der Waals surface area (Å²) in [6.45, 7) is 5.44. The van der Waals surface area contributed by atoms with E-state index < -0.39 is 28.5 Å². The SMILES string of the molecule is CC[C@H](C)NC(=O)[C@@H](Cc1ccccc1)N(Cc1ccc(Cl)cc1Cl)C(=O)CN(c1ccc2c(c1)OCCO2)S(=O)(=O)CC. The molecule has 2 amide bonds. The molecule has 0 saturated carbocycles. The Hall–Kier alpha value is -3.47. The molecule has 1 aliphatic heterocycles. The molecule has 0 radical (unpaired) electrons. The summed E-state index contributed by atoms with van der Waals surface area (Å²) in [6, 6.07) is 17.9. The van der Waals surface area contributed by atoms with Gasteiger partial charge in [0.1, 0.15) is 25.8 Å². The molecule has 0 unspecified atom stereocenters. The average molecular weight is 663 g/mol. The number of amides is 2. The van der Waals surface area contributed by atoms with E-state index >= 15 is 0 Å². The van der Waals surface area contributed by atoms with Crippen molar-refractivity contribution in [3.05, 3.63) is 87.9 Å². The lowest BCUT2D eigenvalue weighted by molar-refractivity contribution is -0.140. The van der Waals surface area contributed by atoms with Crippen molar-refractivity contribution in [2.24, 2.45) is 0 Å². The molecule has 4 rings (SSSR count). The van der Waals surface area contributed by atoms with E-state index in [0.717, 1.165) is 9.87 Å². The number of fused-ring (bicyclic) bond motifs is 1. The summed E-state index contributed by atoms with van der Waals surface area (Å²) in [5.74, 6) is -0.310. The summed E-state index contributed by atoms with van der Waals surface area (Å²) in [4.78, 5) is 29.6. The molecule has 9 nitrogen and oxygen atoms in total. The second-order valence-electron chi connectivity index (χ2n) is 10.5. The summed E-state index contributed by atoms with van der Waals surface area (Å²) in [7, 11) is -3.94. The minimum atomic E-state index is -3.94. The van der Waals surface area contributed by atoms with Crippen LogP contribution in [0.2, 0.25) is 10.0 Å². The number of ether oxygens (including phenoxy) is 2. The van der Waals surface area contributed by atoms with Crippen LogP contribution in [0.4, 0.5) is 5.69 Å². The second kappa shape index (κ2) is 15.0. The summed E-state index contributed by atoms with van der Waals surface area (Å²) in [6.07, 6.45) is 0.887. The molecular formula is C32H37Cl2N3O6S. The number of hydrogen-bond acceptors (Lipinski definition) is 6. The number of anilines is 1. The number of rotatable bonds is 13. The van der Waals surface area contributed by atoms with Gasteiger partial charge in [0.25, 0.3) is 0 Å². The lowest BCUT2D eigenvalue weighted by Gasteiger charge is -2.34. The first kappa shape index (κ1) is 33.4. The maximum absolute atomic E-state index is 14.4. The fourth-order valence-corrected chi connectivity index (χ4v) is 6.26. The summed E-state index contributed by atoms with van der Waals surface area (Å²) < 4.78 is 39.2. The molecule has 0 fully saturated rings. The predicted octanol–water partition coefficient (Wildman–Crippen LogP) is 5.48. The number of halogens is 2. The van der Waals surface area contributed by atoms with Crippen molar-refractivity contribution >= 4 is 50.7 Å². The molecule has 1 heterocycles. The number of carbonyl (C=O) groups is 2. The van der Waals surface area contributed by atoms with E-state index in [1.54, 1.807) is 36.4 Å². The van der Waals surface area contributed by atoms with Crippen molar-refractivity contribution in [1.82, 2.24) is 10.2 Å². The topological polar surface area (TPSA) is 105 Å². The van der Waals surface area contributed by atoms with Gasteiger partial charge in [-0.05, 0) is 55.7 Å². The van der Waals surface area contributed by atoms with Gasteiger partial charge in [-0.3, -0.25) is 13.9 Å². The van der Waals surface area contributed by atoms with Crippen LogP contribution in [0, 0.1) is 0 Å². The van der Waals surface area contributed by atoms with Crippen LogP contribution in [0.25, 0.3) is 0 Å². The van der Waals surface area contributed by atoms with Gasteiger partial charge < -0.3 is 19.7 Å². The number of hydrogen-bond donors (Lipinski definition) is 1. The first-order valence-electron chi connectivity index (χ1n) is 14.5. The number of sulfonamides is 1. The van der Waals surface area contributed by atoms with Gasteiger partial charge in [0.05, 0.1) is 11.4 Å². The van der Waals surface area contributed by atoms with Crippen molar-refractivity contribution in [2.75, 3.05) is 29.8 Å². The first-order valence-corrected chi connectivity index (χ1v) is 16.9. The number of benzene rings is 3. The number of carbonyl (C=O) groups excluding carboxylic acids is 2. The van der Waals surface area contributed by atoms with E-state index in [-0.39, 0.29) is 36.4 Å². The standard InChI is InChI=1S/C32H37Cl2N3O6S/c1-4-22(3)35-32(39)28(17-23-9-7-6-8-10-23)36(20-24-11-12-25(33)18-27(24)34)31(38)21-37(44(40,41)5-2)26-13-14-29-30(19-26)43-16-15-42-29/h6-14,18-19,22,28H,4-5,15-17,20-21H2,1-3H3,(H,35,39)/t22-,28+/m0/s1. The third-order valence-corrected chi connectivity index (χ3v) is 9.75. The second-order valence-corrected chi connectivity index (χ2v) is 13.5. The van der Waals surface area contributed by atoms with E-state index in [0.29, 0.717) is 46.7 Å². The van der Waals surface area contributed by atoms with E-state index in [9.17, 15) is 18.0 Å². The van der Waals surface area contributed by atoms with Gasteiger partial charge in [-0.1, -0.05) is 66.5 Å². The molecule has 2 atom stereocenters. The third kappa shape index (κ3) is 8.37. The van der Waals surface area contributed by atoms with Gasteiger partial charge in [-0.15, -0.1) is 0 Å². The van der Waals surface area contributed by atoms with Gasteiger partial charge in [-0.2, -0.15) is 0 Å². The Balaban J connectivity index is 1.77. The molecule has 3 aromatic rings. The molecule has 0 aliphatic carbocycles. The normalized spacial score (nSPS) is 13.9. The Labute approximate surface area is 269 Å². The van der Waals surface area contributed by atoms with Crippen LogP contribution in [0.3, 0.4) is 0 Å². The minimum absolute atomic E-state index is 0.0542. The minimum Gasteiger partial charge on any atom is -0.486 e. The molecule has 44 heavy (non-hydrogen) atoms. The number of nitrogens with zero attached hydrogens (tertiary/aromatic N) is 2. The Bertz CT molecular complexity index is 1570. The van der Waals surface area contributed by atoms with Gasteiger partial charge in [-0.25, -0.2) is 8.42 Å². The van der Waals surface area contributed by atoms with E-state index in [4.69, 9.17) is 32.7 Å². The van der Waals surface area contributed by atoms with Crippen LogP contribution in [-0.4, -0.2) is 62.7 Å². The highest BCUT2D eigenvalue weighted by molar-refractivity contribution is 7.92. The van der Waals surface area contributed by atoms with Crippen LogP contribution in [0.15, 0.2) is 66.7 Å². The van der Waals surface area contributed by atoms with Gasteiger partial charge >= 0.3 is 0 Å². The van der Waals surface area contributed by atoms with E-state index in [2.05, 4.69) is 5.32 Å². The zero-order valence-corrected chi connectivity index (χ0v) is 27.3. The molecule has 12 heteroatoms. The molecule has 0 saturated heterocycles. The van der Waals surface area contributed by atoms with Crippen LogP contribution in [0.5, 0.6) is 11.5 Å². The van der Waals surface area contributed by atoms with Crippen LogP contribution in [0.1, 0.15) is 38.3 Å². The molecule has 0 bridgehead atoms. The number of nitrogens with one attached hydrogen (secondary N) is 1. The lowest BCUT2D eigenvalue weighted by atomic mass is 10.0. The molecule has 1 N–H and O–H groups in total. The Kier molecular flexibility index (Phi) is 11.4. The summed E-state index contributed by atoms with van der Waals surface area (Å²) in [5.41, 5.74) is 1.64. The quantitative estimate of drug-likeness (QED) is 0.260. The lowest BCUT2D eigenvalue weighted by Crippen LogP contribution is -2.54. The van der Waals surface area contributed by atoms with E-state index in [1.165, 1.54) is 11.8 Å². The van der Waals surface area contributed by atoms with Gasteiger partial charge in [0.2, 0.25) is 21.8 Å². The predicted molar refractivity (Wildman–Crippen MR) is 173 cm³/mol. The van der Waals surface area contributed by atoms with E-state index in [1.807, 2.05) is 44.2 Å². The van der Waals surface area contributed by atoms with Crippen molar-refractivity contribution in [3.63, 3.8) is 0 Å². The molecular weight excluding hydrogens is 625 g/mol. The monoisotopic (exact) mass is 661 g/mol. The van der Waals surface area contributed by atoms with Crippen molar-refractivity contribution in [2.45, 2.75) is 52.2 Å². The maximum atomic E-state index is 14.4. The molecule has 3 aromatic carbocycles. The summed E-state index contributed by atoms with van der Waals surface area (Å²) >= 11 is 12.7. The zero-order valence-electron chi connectivity index (χ0n) is 25.0. The Morgan fingerprint density at radius 1 is 0.955 bits per heavy atom. The highest BCUT2D eigenvalue weighted by Gasteiger charge is 2.34. The van der Waals surface area contributed by atoms with Crippen molar-refractivity contribution in [1.29, 1.82) is 0 Å². The summed E-state index contributed by atoms with van der Waals surface area (Å²) in [5, 5.41) is 3.75. The average Bonchev–Trinajstić information content (AvgIpc) is 3.02. The maximum Gasteiger partial charge on any atom is 0.244 e. The van der Waals surface area contributed by atoms with Crippen LogP contribution < -0.4 is 19.1 Å². The largest absolute Gasteiger partial charge is 0.486 e. The van der Waals surface area contributed by atoms with Gasteiger partial charge in [0, 0.05) is 35.1 Å². The van der Waals surface area contributed by atoms with Crippen LogP contribution >= 0.6 is 23.2 Å². The highest BCUT2D eigenvalue weighted by atomic mass is 35.5. The smallest absolute Gasteiger partial charge is 0.244 e. The Morgan fingerprint density at radius 2 is 1.66 bits per heavy atom. The van der Waals surface area contributed by atoms with Crippen molar-refractivity contribution in [3.8, 4) is 11.5 Å². The first-order chi connectivity index (χ1) is 21.0. The highest BCUT2D eigenvalue weighted by Crippen LogP contribution is 2.35. The zero-order chi connectivity index (χ0) is 31.9. The third-order valence-electron chi connectivity index (χ3n) is 7.42. The molecule has 0 spiro atoms. The Morgan fingerprint density at radius 3 is 2.32 bits per heavy atom. The van der Waals surface area contributed by atoms with Gasteiger partial charge in [0.15, 0.2) is 11.5 Å². The van der Waals surface area contributed by atoms with Crippen LogP contribution in [-0.2, 0) is 32.6 Å². The fourth-order valence-electron chi connectivity index (χ4n) is 4.74. The fraction of sp³-hybridized carbons (Fsp3) is 0.375.